The van der Waals surface area contributed by atoms with Gasteiger partial charge in [-0.2, -0.15) is 0 Å². The van der Waals surface area contributed by atoms with Gasteiger partial charge in [-0.25, -0.2) is 9.97 Å². The Morgan fingerprint density at radius 3 is 2.84 bits per heavy atom. The van der Waals surface area contributed by atoms with Gasteiger partial charge in [0.1, 0.15) is 11.6 Å². The second-order valence-corrected chi connectivity index (χ2v) is 4.70. The van der Waals surface area contributed by atoms with Gasteiger partial charge in [0, 0.05) is 38.8 Å². The molecule has 19 heavy (non-hydrogen) atoms. The van der Waals surface area contributed by atoms with Crippen LogP contribution in [0.4, 0.5) is 5.82 Å². The van der Waals surface area contributed by atoms with Gasteiger partial charge in [0.25, 0.3) is 0 Å². The fourth-order valence-electron chi connectivity index (χ4n) is 2.16. The maximum Gasteiger partial charge on any atom is 0.130 e. The Morgan fingerprint density at radius 1 is 1.32 bits per heavy atom. The van der Waals surface area contributed by atoms with Crippen molar-refractivity contribution in [3.05, 3.63) is 17.6 Å². The summed E-state index contributed by atoms with van der Waals surface area (Å²) in [6.45, 7) is 8.35. The third-order valence-electron chi connectivity index (χ3n) is 3.09. The maximum atomic E-state index is 5.33. The lowest BCUT2D eigenvalue weighted by atomic mass is 10.3. The highest BCUT2D eigenvalue weighted by molar-refractivity contribution is 5.35. The molecule has 1 saturated heterocycles. The normalized spacial score (nSPS) is 16.5. The van der Waals surface area contributed by atoms with E-state index in [0.717, 1.165) is 63.3 Å². The number of rotatable bonds is 6. The molecule has 6 heteroatoms. The van der Waals surface area contributed by atoms with Crippen molar-refractivity contribution in [2.75, 3.05) is 51.8 Å². The summed E-state index contributed by atoms with van der Waals surface area (Å²) in [4.78, 5) is 11.2. The van der Waals surface area contributed by atoms with Crippen LogP contribution in [0.15, 0.2) is 6.07 Å². The largest absolute Gasteiger partial charge is 0.379 e. The van der Waals surface area contributed by atoms with Crippen LogP contribution < -0.4 is 10.6 Å². The van der Waals surface area contributed by atoms with E-state index in [1.54, 1.807) is 0 Å². The van der Waals surface area contributed by atoms with E-state index in [1.807, 2.05) is 20.0 Å². The van der Waals surface area contributed by atoms with E-state index >= 15 is 0 Å². The molecule has 1 fully saturated rings. The minimum absolute atomic E-state index is 0.765. The third-order valence-corrected chi connectivity index (χ3v) is 3.09. The average Bonchev–Trinajstić information content (AvgIpc) is 2.40. The number of ether oxygens (including phenoxy) is 1. The van der Waals surface area contributed by atoms with Crippen LogP contribution in [0.5, 0.6) is 0 Å². The van der Waals surface area contributed by atoms with Gasteiger partial charge >= 0.3 is 0 Å². The van der Waals surface area contributed by atoms with E-state index < -0.39 is 0 Å². The summed E-state index contributed by atoms with van der Waals surface area (Å²) >= 11 is 0. The van der Waals surface area contributed by atoms with Crippen LogP contribution in [0, 0.1) is 6.92 Å². The van der Waals surface area contributed by atoms with Crippen molar-refractivity contribution in [2.24, 2.45) is 0 Å². The molecule has 0 unspecified atom stereocenters. The van der Waals surface area contributed by atoms with Gasteiger partial charge in [0.05, 0.1) is 18.9 Å². The number of nitrogens with one attached hydrogen (secondary N) is 2. The molecule has 106 valence electrons. The van der Waals surface area contributed by atoms with Gasteiger partial charge in [-0.3, -0.25) is 4.90 Å². The molecule has 0 saturated carbocycles. The lowest BCUT2D eigenvalue weighted by Gasteiger charge is -2.26. The van der Waals surface area contributed by atoms with Crippen molar-refractivity contribution in [1.29, 1.82) is 0 Å². The molecular formula is C13H23N5O. The fourth-order valence-corrected chi connectivity index (χ4v) is 2.16. The Labute approximate surface area is 114 Å². The van der Waals surface area contributed by atoms with Gasteiger partial charge in [-0.05, 0) is 14.0 Å². The number of nitrogens with zero attached hydrogens (tertiary/aromatic N) is 3. The second kappa shape index (κ2) is 7.37. The summed E-state index contributed by atoms with van der Waals surface area (Å²) in [5.41, 5.74) is 1.02. The van der Waals surface area contributed by atoms with Crippen LogP contribution in [-0.2, 0) is 11.3 Å². The third kappa shape index (κ3) is 4.74. The van der Waals surface area contributed by atoms with E-state index in [9.17, 15) is 0 Å². The topological polar surface area (TPSA) is 62.3 Å². The molecule has 0 aliphatic carbocycles. The smallest absolute Gasteiger partial charge is 0.130 e. The van der Waals surface area contributed by atoms with Crippen molar-refractivity contribution >= 4 is 5.82 Å². The van der Waals surface area contributed by atoms with Crippen LogP contribution in [0.25, 0.3) is 0 Å². The molecule has 2 rings (SSSR count). The van der Waals surface area contributed by atoms with E-state index in [2.05, 4.69) is 25.5 Å². The lowest BCUT2D eigenvalue weighted by Crippen LogP contribution is -2.39. The Kier molecular flexibility index (Phi) is 5.50. The van der Waals surface area contributed by atoms with Gasteiger partial charge in [-0.1, -0.05) is 0 Å². The Hall–Kier alpha value is -1.24. The number of aryl methyl sites for hydroxylation is 1. The highest BCUT2D eigenvalue weighted by Crippen LogP contribution is 2.06. The summed E-state index contributed by atoms with van der Waals surface area (Å²) < 4.78 is 5.33. The average molecular weight is 265 g/mol. The second-order valence-electron chi connectivity index (χ2n) is 4.70. The first kappa shape index (κ1) is 14.2. The van der Waals surface area contributed by atoms with Crippen molar-refractivity contribution in [2.45, 2.75) is 13.5 Å². The molecule has 1 aromatic heterocycles. The standard InChI is InChI=1S/C13H23N5O/c1-11-16-12(10-14-2)9-13(17-11)15-3-4-18-5-7-19-8-6-18/h9,14H,3-8,10H2,1-2H3,(H,15,16,17). The fraction of sp³-hybridized carbons (Fsp3) is 0.692. The van der Waals surface area contributed by atoms with Crippen molar-refractivity contribution in [3.63, 3.8) is 0 Å². The van der Waals surface area contributed by atoms with E-state index in [0.29, 0.717) is 0 Å². The minimum Gasteiger partial charge on any atom is -0.379 e. The SMILES string of the molecule is CNCc1cc(NCCN2CCOCC2)nc(C)n1. The molecule has 6 nitrogen and oxygen atoms in total. The predicted molar refractivity (Wildman–Crippen MR) is 75.3 cm³/mol. The zero-order valence-corrected chi connectivity index (χ0v) is 11.8. The Bertz CT molecular complexity index is 393. The molecule has 2 heterocycles. The van der Waals surface area contributed by atoms with Crippen LogP contribution in [0.1, 0.15) is 11.5 Å². The molecule has 0 bridgehead atoms. The summed E-state index contributed by atoms with van der Waals surface area (Å²) in [5, 5.41) is 6.48. The molecular weight excluding hydrogens is 242 g/mol. The molecule has 0 aromatic carbocycles. The zero-order chi connectivity index (χ0) is 13.5. The molecule has 0 amide bonds. The van der Waals surface area contributed by atoms with Gasteiger partial charge < -0.3 is 15.4 Å². The monoisotopic (exact) mass is 265 g/mol. The number of hydrogen-bond acceptors (Lipinski definition) is 6. The van der Waals surface area contributed by atoms with Crippen molar-refractivity contribution in [3.8, 4) is 0 Å². The summed E-state index contributed by atoms with van der Waals surface area (Å²) in [6.07, 6.45) is 0. The molecule has 1 aliphatic heterocycles. The number of anilines is 1. The Balaban J connectivity index is 1.81. The predicted octanol–water partition coefficient (Wildman–Crippen LogP) is 0.249. The van der Waals surface area contributed by atoms with Crippen molar-refractivity contribution < 1.29 is 4.74 Å². The summed E-state index contributed by atoms with van der Waals surface area (Å²) in [6, 6.07) is 2.00. The molecule has 0 atom stereocenters. The first-order valence-corrected chi connectivity index (χ1v) is 6.81. The molecule has 0 radical (unpaired) electrons. The van der Waals surface area contributed by atoms with E-state index in [-0.39, 0.29) is 0 Å². The number of aromatic nitrogens is 2. The first-order chi connectivity index (χ1) is 9.28. The van der Waals surface area contributed by atoms with Gasteiger partial charge in [0.2, 0.25) is 0 Å². The molecule has 1 aliphatic rings. The van der Waals surface area contributed by atoms with Gasteiger partial charge in [-0.15, -0.1) is 0 Å². The quantitative estimate of drug-likeness (QED) is 0.769. The van der Waals surface area contributed by atoms with Crippen LogP contribution in [0.2, 0.25) is 0 Å². The minimum atomic E-state index is 0.765. The zero-order valence-electron chi connectivity index (χ0n) is 11.8. The molecule has 0 spiro atoms. The summed E-state index contributed by atoms with van der Waals surface area (Å²) in [7, 11) is 1.92. The maximum absolute atomic E-state index is 5.33. The van der Waals surface area contributed by atoms with E-state index in [1.165, 1.54) is 0 Å². The van der Waals surface area contributed by atoms with E-state index in [4.69, 9.17) is 4.74 Å². The van der Waals surface area contributed by atoms with Crippen LogP contribution in [-0.4, -0.2) is 61.3 Å². The molecule has 1 aromatic rings. The Morgan fingerprint density at radius 2 is 2.11 bits per heavy atom. The first-order valence-electron chi connectivity index (χ1n) is 6.81. The number of hydrogen-bond donors (Lipinski definition) is 2. The molecule has 2 N–H and O–H groups in total. The highest BCUT2D eigenvalue weighted by atomic mass is 16.5. The van der Waals surface area contributed by atoms with Crippen molar-refractivity contribution in [1.82, 2.24) is 20.2 Å². The lowest BCUT2D eigenvalue weighted by molar-refractivity contribution is 0.0398. The summed E-state index contributed by atoms with van der Waals surface area (Å²) in [5.74, 6) is 1.72. The highest BCUT2D eigenvalue weighted by Gasteiger charge is 2.09. The van der Waals surface area contributed by atoms with Gasteiger partial charge in [0.15, 0.2) is 0 Å². The van der Waals surface area contributed by atoms with Crippen LogP contribution >= 0.6 is 0 Å². The van der Waals surface area contributed by atoms with Crippen LogP contribution in [0.3, 0.4) is 0 Å². The number of morpholine rings is 1.